The second kappa shape index (κ2) is 5.80. The number of aryl methyl sites for hydroxylation is 4. The molecule has 0 aliphatic heterocycles. The number of aromatic nitrogens is 2. The Morgan fingerprint density at radius 3 is 1.38 bits per heavy atom. The van der Waals surface area contributed by atoms with Crippen LogP contribution in [0.1, 0.15) is 22.3 Å². The van der Waals surface area contributed by atoms with Crippen LogP contribution in [0.25, 0.3) is 30.8 Å². The van der Waals surface area contributed by atoms with Crippen molar-refractivity contribution in [2.24, 2.45) is 0 Å². The quantitative estimate of drug-likeness (QED) is 0.423. The summed E-state index contributed by atoms with van der Waals surface area (Å²) >= 11 is 3.35. The van der Waals surface area contributed by atoms with Crippen molar-refractivity contribution in [3.05, 3.63) is 58.7 Å². The molecule has 0 amide bonds. The van der Waals surface area contributed by atoms with Gasteiger partial charge in [0, 0.05) is 11.1 Å². The zero-order valence-electron chi connectivity index (χ0n) is 14.2. The molecule has 0 unspecified atom stereocenters. The predicted octanol–water partition coefficient (Wildman–Crippen LogP) is 6.32. The molecule has 0 N–H and O–H groups in total. The van der Waals surface area contributed by atoms with E-state index in [1.54, 1.807) is 22.7 Å². The lowest BCUT2D eigenvalue weighted by Gasteiger charge is -2.02. The molecule has 24 heavy (non-hydrogen) atoms. The first kappa shape index (κ1) is 15.5. The lowest BCUT2D eigenvalue weighted by atomic mass is 10.1. The summed E-state index contributed by atoms with van der Waals surface area (Å²) in [7, 11) is 0. The van der Waals surface area contributed by atoms with Crippen molar-refractivity contribution in [3.63, 3.8) is 0 Å². The van der Waals surface area contributed by atoms with Crippen LogP contribution in [0.4, 0.5) is 0 Å². The number of benzene rings is 2. The summed E-state index contributed by atoms with van der Waals surface area (Å²) in [6.07, 6.45) is 0. The van der Waals surface area contributed by atoms with Gasteiger partial charge in [0.15, 0.2) is 9.66 Å². The van der Waals surface area contributed by atoms with Crippen molar-refractivity contribution in [2.45, 2.75) is 27.7 Å². The number of thiazole rings is 2. The Balaban J connectivity index is 1.74. The Labute approximate surface area is 149 Å². The smallest absolute Gasteiger partial charge is 0.155 e. The SMILES string of the molecule is Cc1ccc(-c2nc3sc(-c4ccc(C)c(C)c4)nc3s2)cc1C. The van der Waals surface area contributed by atoms with Gasteiger partial charge in [0.1, 0.15) is 10.0 Å². The van der Waals surface area contributed by atoms with Gasteiger partial charge in [-0.25, -0.2) is 9.97 Å². The van der Waals surface area contributed by atoms with E-state index in [0.717, 1.165) is 19.7 Å². The van der Waals surface area contributed by atoms with Gasteiger partial charge in [0.2, 0.25) is 0 Å². The second-order valence-corrected chi connectivity index (χ2v) is 8.20. The zero-order valence-corrected chi connectivity index (χ0v) is 15.8. The highest BCUT2D eigenvalue weighted by Crippen LogP contribution is 2.37. The van der Waals surface area contributed by atoms with Gasteiger partial charge in [-0.3, -0.25) is 0 Å². The number of nitrogens with zero attached hydrogens (tertiary/aromatic N) is 2. The first-order chi connectivity index (χ1) is 11.5. The lowest BCUT2D eigenvalue weighted by Crippen LogP contribution is -1.83. The van der Waals surface area contributed by atoms with Crippen LogP contribution in [0.15, 0.2) is 36.4 Å². The van der Waals surface area contributed by atoms with Crippen LogP contribution in [-0.2, 0) is 0 Å². The monoisotopic (exact) mass is 350 g/mol. The fourth-order valence-corrected chi connectivity index (χ4v) is 4.67. The Morgan fingerprint density at radius 1 is 0.583 bits per heavy atom. The lowest BCUT2D eigenvalue weighted by molar-refractivity contribution is 1.34. The minimum Gasteiger partial charge on any atom is -0.223 e. The van der Waals surface area contributed by atoms with Crippen molar-refractivity contribution in [2.75, 3.05) is 0 Å². The maximum absolute atomic E-state index is 4.81. The highest BCUT2D eigenvalue weighted by Gasteiger charge is 2.13. The highest BCUT2D eigenvalue weighted by atomic mass is 32.1. The number of fused-ring (bicyclic) bond motifs is 1. The van der Waals surface area contributed by atoms with Gasteiger partial charge in [-0.2, -0.15) is 0 Å². The molecule has 2 aromatic carbocycles. The Hall–Kier alpha value is -2.04. The molecule has 4 rings (SSSR count). The van der Waals surface area contributed by atoms with Gasteiger partial charge in [-0.1, -0.05) is 46.9 Å². The molecule has 2 aromatic heterocycles. The molecule has 4 heteroatoms. The van der Waals surface area contributed by atoms with Crippen LogP contribution in [0.2, 0.25) is 0 Å². The Bertz CT molecular complexity index is 944. The average Bonchev–Trinajstić information content (AvgIpc) is 3.11. The topological polar surface area (TPSA) is 25.8 Å². The van der Waals surface area contributed by atoms with Crippen molar-refractivity contribution in [1.82, 2.24) is 9.97 Å². The van der Waals surface area contributed by atoms with Gasteiger partial charge in [0.25, 0.3) is 0 Å². The van der Waals surface area contributed by atoms with E-state index >= 15 is 0 Å². The molecule has 0 aliphatic carbocycles. The summed E-state index contributed by atoms with van der Waals surface area (Å²) in [6, 6.07) is 13.0. The first-order valence-corrected chi connectivity index (χ1v) is 9.57. The molecule has 0 bridgehead atoms. The molecule has 2 heterocycles. The van der Waals surface area contributed by atoms with E-state index in [2.05, 4.69) is 64.1 Å². The van der Waals surface area contributed by atoms with Crippen LogP contribution < -0.4 is 0 Å². The largest absolute Gasteiger partial charge is 0.223 e. The van der Waals surface area contributed by atoms with Crippen LogP contribution in [-0.4, -0.2) is 9.97 Å². The molecule has 0 aliphatic rings. The maximum Gasteiger partial charge on any atom is 0.155 e. The molecule has 0 spiro atoms. The predicted molar refractivity (Wildman–Crippen MR) is 105 cm³/mol. The second-order valence-electron chi connectivity index (χ2n) is 6.25. The number of hydrogen-bond acceptors (Lipinski definition) is 4. The molecule has 0 radical (unpaired) electrons. The summed E-state index contributed by atoms with van der Waals surface area (Å²) < 4.78 is 0. The van der Waals surface area contributed by atoms with Gasteiger partial charge < -0.3 is 0 Å². The third-order valence-corrected chi connectivity index (χ3v) is 6.61. The zero-order chi connectivity index (χ0) is 16.8. The minimum atomic E-state index is 1.03. The molecule has 4 aromatic rings. The number of rotatable bonds is 2. The standard InChI is InChI=1S/C20H18N2S2/c1-11-5-7-15(9-13(11)3)17-21-19-20(23-17)22-18(24-19)16-8-6-12(2)14(4)10-16/h5-10H,1-4H3. The molecule has 0 fully saturated rings. The van der Waals surface area contributed by atoms with Crippen molar-refractivity contribution >= 4 is 32.3 Å². The third-order valence-electron chi connectivity index (χ3n) is 4.48. The van der Waals surface area contributed by atoms with Crippen LogP contribution in [0.3, 0.4) is 0 Å². The highest BCUT2D eigenvalue weighted by molar-refractivity contribution is 7.29. The van der Waals surface area contributed by atoms with Crippen molar-refractivity contribution in [1.29, 1.82) is 0 Å². The van der Waals surface area contributed by atoms with E-state index in [1.165, 1.54) is 33.4 Å². The van der Waals surface area contributed by atoms with Crippen molar-refractivity contribution < 1.29 is 0 Å². The number of hydrogen-bond donors (Lipinski definition) is 0. The van der Waals surface area contributed by atoms with Crippen LogP contribution >= 0.6 is 22.7 Å². The maximum atomic E-state index is 4.81. The summed E-state index contributed by atoms with van der Waals surface area (Å²) in [5.74, 6) is 0. The van der Waals surface area contributed by atoms with E-state index in [1.807, 2.05) is 0 Å². The minimum absolute atomic E-state index is 1.03. The van der Waals surface area contributed by atoms with Crippen LogP contribution in [0.5, 0.6) is 0 Å². The molecule has 120 valence electrons. The van der Waals surface area contributed by atoms with Gasteiger partial charge in [-0.15, -0.1) is 0 Å². The van der Waals surface area contributed by atoms with E-state index in [4.69, 9.17) is 9.97 Å². The van der Waals surface area contributed by atoms with E-state index in [0.29, 0.717) is 0 Å². The Morgan fingerprint density at radius 2 is 1.00 bits per heavy atom. The average molecular weight is 351 g/mol. The third kappa shape index (κ3) is 2.66. The summed E-state index contributed by atoms with van der Waals surface area (Å²) in [6.45, 7) is 8.56. The molecule has 2 nitrogen and oxygen atoms in total. The molecule has 0 saturated carbocycles. The van der Waals surface area contributed by atoms with Crippen LogP contribution in [0, 0.1) is 27.7 Å². The fraction of sp³-hybridized carbons (Fsp3) is 0.200. The fourth-order valence-electron chi connectivity index (χ4n) is 2.64. The van der Waals surface area contributed by atoms with Crippen molar-refractivity contribution in [3.8, 4) is 21.1 Å². The normalized spacial score (nSPS) is 11.3. The summed E-state index contributed by atoms with van der Waals surface area (Å²) in [5, 5.41) is 2.11. The first-order valence-electron chi connectivity index (χ1n) is 7.94. The van der Waals surface area contributed by atoms with E-state index in [-0.39, 0.29) is 0 Å². The van der Waals surface area contributed by atoms with Gasteiger partial charge in [0.05, 0.1) is 0 Å². The van der Waals surface area contributed by atoms with Gasteiger partial charge in [-0.05, 0) is 62.1 Å². The molecule has 0 atom stereocenters. The van der Waals surface area contributed by atoms with E-state index in [9.17, 15) is 0 Å². The van der Waals surface area contributed by atoms with E-state index < -0.39 is 0 Å². The molecule has 0 saturated heterocycles. The Kier molecular flexibility index (Phi) is 3.74. The summed E-state index contributed by atoms with van der Waals surface area (Å²) in [5.41, 5.74) is 7.59. The van der Waals surface area contributed by atoms with Gasteiger partial charge >= 0.3 is 0 Å². The molecular weight excluding hydrogens is 332 g/mol. The molecular formula is C20H18N2S2. The summed E-state index contributed by atoms with van der Waals surface area (Å²) in [4.78, 5) is 11.7.